The largest absolute Gasteiger partial charge is 0.368 e. The van der Waals surface area contributed by atoms with Gasteiger partial charge in [0, 0.05) is 31.7 Å². The Morgan fingerprint density at radius 3 is 2.59 bits per heavy atom. The molecule has 0 aliphatic carbocycles. The van der Waals surface area contributed by atoms with Crippen LogP contribution in [0.25, 0.3) is 0 Å². The Morgan fingerprint density at radius 2 is 1.84 bits per heavy atom. The van der Waals surface area contributed by atoms with E-state index in [1.807, 2.05) is 55.5 Å². The average Bonchev–Trinajstić information content (AvgIpc) is 3.38. The lowest BCUT2D eigenvalue weighted by molar-refractivity contribution is -0.128. The van der Waals surface area contributed by atoms with Gasteiger partial charge < -0.3 is 16.0 Å². The first-order chi connectivity index (χ1) is 15.4. The number of para-hydroxylation sites is 1. The fourth-order valence-electron chi connectivity index (χ4n) is 4.59. The number of primary amides is 1. The molecule has 168 valence electrons. The summed E-state index contributed by atoms with van der Waals surface area (Å²) in [4.78, 5) is 41.0. The maximum Gasteiger partial charge on any atom is 0.234 e. The first-order valence-electron chi connectivity index (χ1n) is 11.2. The van der Waals surface area contributed by atoms with E-state index in [0.29, 0.717) is 19.6 Å². The molecule has 2 atom stereocenters. The third kappa shape index (κ3) is 4.99. The van der Waals surface area contributed by atoms with Crippen LogP contribution in [0.3, 0.4) is 0 Å². The van der Waals surface area contributed by atoms with E-state index < -0.39 is 0 Å². The Balaban J connectivity index is 1.39. The van der Waals surface area contributed by atoms with E-state index in [4.69, 9.17) is 5.73 Å². The summed E-state index contributed by atoms with van der Waals surface area (Å²) in [7, 11) is 0. The lowest BCUT2D eigenvalue weighted by atomic mass is 10.1. The number of anilines is 1. The maximum atomic E-state index is 13.0. The SMILES string of the molecule is Cc1ccc(CN2CC(C(=O)Nc3ccccc3CN3CCCC3C(N)=O)CC2=O)cc1. The molecule has 0 saturated carbocycles. The highest BCUT2D eigenvalue weighted by molar-refractivity contribution is 5.97. The van der Waals surface area contributed by atoms with Crippen molar-refractivity contribution in [1.29, 1.82) is 0 Å². The van der Waals surface area contributed by atoms with Gasteiger partial charge >= 0.3 is 0 Å². The number of hydrogen-bond donors (Lipinski definition) is 2. The van der Waals surface area contributed by atoms with Gasteiger partial charge in [-0.1, -0.05) is 48.0 Å². The van der Waals surface area contributed by atoms with Crippen molar-refractivity contribution in [3.8, 4) is 0 Å². The van der Waals surface area contributed by atoms with Gasteiger partial charge in [0.15, 0.2) is 0 Å². The number of carbonyl (C=O) groups excluding carboxylic acids is 3. The van der Waals surface area contributed by atoms with E-state index in [1.54, 1.807) is 4.90 Å². The smallest absolute Gasteiger partial charge is 0.234 e. The van der Waals surface area contributed by atoms with Crippen LogP contribution in [0.1, 0.15) is 36.0 Å². The third-order valence-electron chi connectivity index (χ3n) is 6.42. The van der Waals surface area contributed by atoms with Crippen LogP contribution in [0.2, 0.25) is 0 Å². The van der Waals surface area contributed by atoms with E-state index in [0.717, 1.165) is 36.2 Å². The monoisotopic (exact) mass is 434 g/mol. The summed E-state index contributed by atoms with van der Waals surface area (Å²) in [5, 5.41) is 3.02. The van der Waals surface area contributed by atoms with Gasteiger partial charge in [0.2, 0.25) is 17.7 Å². The second kappa shape index (κ2) is 9.53. The van der Waals surface area contributed by atoms with Crippen molar-refractivity contribution >= 4 is 23.4 Å². The minimum absolute atomic E-state index is 0.000349. The third-order valence-corrected chi connectivity index (χ3v) is 6.42. The molecule has 2 fully saturated rings. The van der Waals surface area contributed by atoms with E-state index >= 15 is 0 Å². The number of rotatable bonds is 7. The molecule has 0 bridgehead atoms. The van der Waals surface area contributed by atoms with Crippen molar-refractivity contribution in [3.05, 3.63) is 65.2 Å². The molecule has 0 aromatic heterocycles. The Labute approximate surface area is 188 Å². The van der Waals surface area contributed by atoms with Gasteiger partial charge in [-0.25, -0.2) is 0 Å². The number of hydrogen-bond acceptors (Lipinski definition) is 4. The summed E-state index contributed by atoms with van der Waals surface area (Å²) in [5.74, 6) is -0.834. The number of amides is 3. The second-order valence-electron chi connectivity index (χ2n) is 8.84. The predicted molar refractivity (Wildman–Crippen MR) is 122 cm³/mol. The molecule has 4 rings (SSSR count). The average molecular weight is 435 g/mol. The van der Waals surface area contributed by atoms with Crippen LogP contribution in [-0.2, 0) is 27.5 Å². The van der Waals surface area contributed by atoms with Gasteiger partial charge in [0.05, 0.1) is 12.0 Å². The number of benzene rings is 2. The van der Waals surface area contributed by atoms with Gasteiger partial charge in [0.25, 0.3) is 0 Å². The molecule has 2 saturated heterocycles. The van der Waals surface area contributed by atoms with Crippen molar-refractivity contribution in [2.45, 2.75) is 45.3 Å². The van der Waals surface area contributed by atoms with Crippen molar-refractivity contribution < 1.29 is 14.4 Å². The molecule has 2 aliphatic rings. The molecule has 32 heavy (non-hydrogen) atoms. The Hall–Kier alpha value is -3.19. The Bertz CT molecular complexity index is 1000. The summed E-state index contributed by atoms with van der Waals surface area (Å²) < 4.78 is 0. The van der Waals surface area contributed by atoms with Gasteiger partial charge in [0.1, 0.15) is 0 Å². The normalized spacial score (nSPS) is 21.2. The van der Waals surface area contributed by atoms with Crippen molar-refractivity contribution in [3.63, 3.8) is 0 Å². The molecule has 3 N–H and O–H groups in total. The van der Waals surface area contributed by atoms with Gasteiger partial charge in [-0.05, 0) is 43.5 Å². The molecular formula is C25H30N4O3. The number of nitrogens with zero attached hydrogens (tertiary/aromatic N) is 2. The fraction of sp³-hybridized carbons (Fsp3) is 0.400. The second-order valence-corrected chi connectivity index (χ2v) is 8.84. The molecule has 2 aromatic carbocycles. The molecule has 2 aromatic rings. The van der Waals surface area contributed by atoms with Crippen LogP contribution in [0, 0.1) is 12.8 Å². The van der Waals surface area contributed by atoms with E-state index in [-0.39, 0.29) is 36.1 Å². The Morgan fingerprint density at radius 1 is 1.09 bits per heavy atom. The van der Waals surface area contributed by atoms with Crippen molar-refractivity contribution in [2.24, 2.45) is 11.7 Å². The topological polar surface area (TPSA) is 95.7 Å². The number of aryl methyl sites for hydroxylation is 1. The quantitative estimate of drug-likeness (QED) is 0.700. The molecule has 0 radical (unpaired) electrons. The first kappa shape index (κ1) is 22.0. The van der Waals surface area contributed by atoms with Crippen LogP contribution in [0.15, 0.2) is 48.5 Å². The van der Waals surface area contributed by atoms with E-state index in [1.165, 1.54) is 5.56 Å². The molecule has 7 nitrogen and oxygen atoms in total. The minimum atomic E-state index is -0.383. The van der Waals surface area contributed by atoms with Gasteiger partial charge in [-0.2, -0.15) is 0 Å². The zero-order valence-corrected chi connectivity index (χ0v) is 18.4. The van der Waals surface area contributed by atoms with Gasteiger partial charge in [-0.3, -0.25) is 19.3 Å². The summed E-state index contributed by atoms with van der Waals surface area (Å²) in [5.41, 5.74) is 9.44. The zero-order valence-electron chi connectivity index (χ0n) is 18.4. The van der Waals surface area contributed by atoms with Crippen LogP contribution in [-0.4, -0.2) is 46.7 Å². The fourth-order valence-corrected chi connectivity index (χ4v) is 4.59. The van der Waals surface area contributed by atoms with Crippen LogP contribution >= 0.6 is 0 Å². The van der Waals surface area contributed by atoms with Crippen LogP contribution in [0.4, 0.5) is 5.69 Å². The van der Waals surface area contributed by atoms with Crippen LogP contribution in [0.5, 0.6) is 0 Å². The predicted octanol–water partition coefficient (Wildman–Crippen LogP) is 2.43. The minimum Gasteiger partial charge on any atom is -0.368 e. The molecule has 7 heteroatoms. The number of carbonyl (C=O) groups is 3. The highest BCUT2D eigenvalue weighted by atomic mass is 16.2. The number of likely N-dealkylation sites (tertiary alicyclic amines) is 2. The lowest BCUT2D eigenvalue weighted by Gasteiger charge is -2.23. The molecule has 3 amide bonds. The Kier molecular flexibility index (Phi) is 6.55. The first-order valence-corrected chi connectivity index (χ1v) is 11.2. The highest BCUT2D eigenvalue weighted by Gasteiger charge is 2.35. The summed E-state index contributed by atoms with van der Waals surface area (Å²) in [6, 6.07) is 15.4. The molecular weight excluding hydrogens is 404 g/mol. The van der Waals surface area contributed by atoms with E-state index in [9.17, 15) is 14.4 Å². The zero-order chi connectivity index (χ0) is 22.7. The molecule has 2 aliphatic heterocycles. The van der Waals surface area contributed by atoms with Crippen molar-refractivity contribution in [1.82, 2.24) is 9.80 Å². The summed E-state index contributed by atoms with van der Waals surface area (Å²) >= 11 is 0. The highest BCUT2D eigenvalue weighted by Crippen LogP contribution is 2.26. The summed E-state index contributed by atoms with van der Waals surface area (Å²) in [6.07, 6.45) is 1.92. The lowest BCUT2D eigenvalue weighted by Crippen LogP contribution is -2.39. The standard InChI is InChI=1S/C25H30N4O3/c1-17-8-10-18(11-9-17)14-29-16-20(13-23(29)30)25(32)27-21-6-3-2-5-19(21)15-28-12-4-7-22(28)24(26)31/h2-3,5-6,8-11,20,22H,4,7,12-16H2,1H3,(H2,26,31)(H,27,32). The number of nitrogens with two attached hydrogens (primary N) is 1. The maximum absolute atomic E-state index is 13.0. The van der Waals surface area contributed by atoms with Gasteiger partial charge in [-0.15, -0.1) is 0 Å². The molecule has 2 heterocycles. The molecule has 2 unspecified atom stereocenters. The number of nitrogens with one attached hydrogen (secondary N) is 1. The van der Waals surface area contributed by atoms with Crippen LogP contribution < -0.4 is 11.1 Å². The molecule has 0 spiro atoms. The van der Waals surface area contributed by atoms with E-state index in [2.05, 4.69) is 10.2 Å². The summed E-state index contributed by atoms with van der Waals surface area (Å²) in [6.45, 7) is 4.31. The van der Waals surface area contributed by atoms with Crippen molar-refractivity contribution in [2.75, 3.05) is 18.4 Å².